The first-order chi connectivity index (χ1) is 23.2. The van der Waals surface area contributed by atoms with Crippen LogP contribution in [0.2, 0.25) is 10.1 Å². The van der Waals surface area contributed by atoms with Crippen molar-refractivity contribution in [2.75, 3.05) is 39.6 Å². The van der Waals surface area contributed by atoms with Gasteiger partial charge in [-0.1, -0.05) is 163 Å². The quantitative estimate of drug-likeness (QED) is 0.189. The third kappa shape index (κ3) is 8.48. The fourth-order valence-corrected chi connectivity index (χ4v) is 15.8. The Morgan fingerprint density at radius 1 is 0.592 bits per heavy atom. The van der Waals surface area contributed by atoms with Gasteiger partial charge in [-0.05, 0) is 30.8 Å². The number of benzene rings is 4. The molecule has 0 atom stereocenters. The van der Waals surface area contributed by atoms with Gasteiger partial charge in [0.1, 0.15) is 0 Å². The van der Waals surface area contributed by atoms with E-state index in [1.165, 1.54) is 10.4 Å². The first-order valence-electron chi connectivity index (χ1n) is 16.8. The summed E-state index contributed by atoms with van der Waals surface area (Å²) in [6.45, 7) is 11.3. The molecule has 2 N–H and O–H groups in total. The van der Waals surface area contributed by atoms with Gasteiger partial charge in [0.2, 0.25) is 0 Å². The van der Waals surface area contributed by atoms with Gasteiger partial charge in [-0.25, -0.2) is 8.78 Å². The van der Waals surface area contributed by atoms with E-state index in [-0.39, 0.29) is 36.5 Å². The van der Waals surface area contributed by atoms with E-state index in [1.807, 2.05) is 97.1 Å². The highest BCUT2D eigenvalue weighted by molar-refractivity contribution is 7.00. The molecule has 1 aliphatic heterocycles. The molecule has 0 unspecified atom stereocenters. The van der Waals surface area contributed by atoms with Gasteiger partial charge in [0.25, 0.3) is 16.6 Å². The van der Waals surface area contributed by atoms with E-state index in [4.69, 9.17) is 13.6 Å². The third-order valence-electron chi connectivity index (χ3n) is 9.22. The summed E-state index contributed by atoms with van der Waals surface area (Å²) in [5.41, 5.74) is -3.51. The van der Waals surface area contributed by atoms with Crippen LogP contribution >= 0.6 is 0 Å². The molecule has 4 aromatic carbocycles. The van der Waals surface area contributed by atoms with Crippen LogP contribution in [0.1, 0.15) is 41.5 Å². The third-order valence-corrected chi connectivity index (χ3v) is 19.2. The number of hydrogen-bond donors (Lipinski definition) is 2. The minimum atomic E-state index is -2.85. The Morgan fingerprint density at radius 2 is 0.898 bits per heavy atom. The van der Waals surface area contributed by atoms with Gasteiger partial charge in [0.15, 0.2) is 11.3 Å². The summed E-state index contributed by atoms with van der Waals surface area (Å²) in [4.78, 5) is 0. The molecule has 0 saturated carbocycles. The Labute approximate surface area is 293 Å². The van der Waals surface area contributed by atoms with Crippen molar-refractivity contribution in [2.45, 2.75) is 63.0 Å². The fraction of sp³-hybridized carbons (Fsp3) is 0.400. The molecular weight excluding hydrogens is 655 g/mol. The van der Waals surface area contributed by atoms with Crippen molar-refractivity contribution in [2.24, 2.45) is 0 Å². The van der Waals surface area contributed by atoms with Crippen LogP contribution in [0.5, 0.6) is 0 Å². The van der Waals surface area contributed by atoms with Crippen LogP contribution < -0.4 is 20.7 Å². The molecule has 1 saturated heterocycles. The molecule has 0 bridgehead atoms. The monoisotopic (exact) mass is 706 g/mol. The summed E-state index contributed by atoms with van der Waals surface area (Å²) < 4.78 is 47.2. The van der Waals surface area contributed by atoms with Crippen LogP contribution in [-0.4, -0.2) is 77.8 Å². The predicted molar refractivity (Wildman–Crippen MR) is 200 cm³/mol. The highest BCUT2D eigenvalue weighted by Gasteiger charge is 2.53. The van der Waals surface area contributed by atoms with Crippen molar-refractivity contribution in [1.82, 2.24) is 0 Å². The van der Waals surface area contributed by atoms with E-state index < -0.39 is 41.2 Å². The zero-order valence-corrected chi connectivity index (χ0v) is 31.7. The molecule has 0 spiro atoms. The number of aliphatic hydroxyl groups is 2. The maximum absolute atomic E-state index is 14.6. The van der Waals surface area contributed by atoms with Gasteiger partial charge < -0.3 is 23.8 Å². The largest absolute Gasteiger partial charge is 0.404 e. The highest BCUT2D eigenvalue weighted by Crippen LogP contribution is 2.39. The Kier molecular flexibility index (Phi) is 12.6. The summed E-state index contributed by atoms with van der Waals surface area (Å²) >= 11 is 0. The zero-order valence-electron chi connectivity index (χ0n) is 29.7. The maximum atomic E-state index is 14.6. The molecule has 9 heteroatoms. The van der Waals surface area contributed by atoms with Gasteiger partial charge in [-0.2, -0.15) is 0 Å². The van der Waals surface area contributed by atoms with Crippen molar-refractivity contribution >= 4 is 37.4 Å². The molecule has 4 aromatic rings. The summed E-state index contributed by atoms with van der Waals surface area (Å²) in [6.07, 6.45) is 0. The minimum absolute atomic E-state index is 0.0836. The Balaban J connectivity index is 0.000000221. The van der Waals surface area contributed by atoms with Crippen molar-refractivity contribution in [3.05, 3.63) is 121 Å². The summed E-state index contributed by atoms with van der Waals surface area (Å²) in [6, 6.07) is 40.4. The molecule has 5 nitrogen and oxygen atoms in total. The summed E-state index contributed by atoms with van der Waals surface area (Å²) in [5, 5.41) is 22.7. The Bertz CT molecular complexity index is 1480. The number of hydrogen-bond acceptors (Lipinski definition) is 5. The number of ether oxygens (including phenoxy) is 1. The van der Waals surface area contributed by atoms with Gasteiger partial charge in [-0.15, -0.1) is 0 Å². The van der Waals surface area contributed by atoms with Gasteiger partial charge in [0.05, 0.1) is 39.6 Å². The molecule has 0 aliphatic carbocycles. The highest BCUT2D eigenvalue weighted by atomic mass is 28.4. The molecule has 1 aliphatic rings. The summed E-state index contributed by atoms with van der Waals surface area (Å²) in [5.74, 6) is 0. The second-order valence-corrected chi connectivity index (χ2v) is 23.6. The smallest absolute Gasteiger partial charge is 0.261 e. The second kappa shape index (κ2) is 15.9. The standard InChI is InChI=1S/C20H27FO3Si.C20H25FO2Si/c1-19(2,3)25(17-10-6-4-7-11-17,18-12-8-5-9-13-18)24-16-20(21,14-22)15-23;1-19(2,3)24(17-10-6-4-7-11-17,18-12-8-5-9-13-18)23-16-20(21)14-22-15-20/h4-13,22-23H,14-16H2,1-3H3;4-13H,14-16H2,1-3H3. The molecular formula is C40H52F2O5Si2. The minimum Gasteiger partial charge on any atom is -0.404 e. The van der Waals surface area contributed by atoms with E-state index in [9.17, 15) is 19.0 Å². The first kappa shape index (κ1) is 38.8. The average molecular weight is 707 g/mol. The van der Waals surface area contributed by atoms with Crippen molar-refractivity contribution in [1.29, 1.82) is 0 Å². The molecule has 0 radical (unpaired) electrons. The second-order valence-electron chi connectivity index (χ2n) is 15.0. The van der Waals surface area contributed by atoms with Crippen LogP contribution in [0.15, 0.2) is 121 Å². The van der Waals surface area contributed by atoms with E-state index in [1.54, 1.807) is 0 Å². The predicted octanol–water partition coefficient (Wildman–Crippen LogP) is 5.56. The van der Waals surface area contributed by atoms with Crippen molar-refractivity contribution in [3.63, 3.8) is 0 Å². The van der Waals surface area contributed by atoms with Crippen molar-refractivity contribution in [3.8, 4) is 0 Å². The van der Waals surface area contributed by atoms with Crippen molar-refractivity contribution < 1.29 is 32.6 Å². The lowest BCUT2D eigenvalue weighted by molar-refractivity contribution is -0.147. The van der Waals surface area contributed by atoms with Gasteiger partial charge in [0, 0.05) is 0 Å². The molecule has 1 heterocycles. The number of rotatable bonds is 12. The maximum Gasteiger partial charge on any atom is 0.261 e. The van der Waals surface area contributed by atoms with Crippen LogP contribution in [0, 0.1) is 0 Å². The molecule has 1 fully saturated rings. The van der Waals surface area contributed by atoms with Crippen LogP contribution in [0.25, 0.3) is 0 Å². The Hall–Kier alpha value is -3.03. The lowest BCUT2D eigenvalue weighted by Crippen LogP contribution is -2.68. The molecule has 5 rings (SSSR count). The lowest BCUT2D eigenvalue weighted by Gasteiger charge is -2.45. The number of alkyl halides is 2. The molecule has 49 heavy (non-hydrogen) atoms. The van der Waals surface area contributed by atoms with Crippen LogP contribution in [0.3, 0.4) is 0 Å². The Morgan fingerprint density at radius 3 is 1.14 bits per heavy atom. The topological polar surface area (TPSA) is 68.2 Å². The first-order valence-corrected chi connectivity index (χ1v) is 20.7. The lowest BCUT2D eigenvalue weighted by atomic mass is 10.1. The number of halogens is 2. The SMILES string of the molecule is CC(C)(C)[Si](OCC(F)(CO)CO)(c1ccccc1)c1ccccc1.CC(C)(C)[Si](OCC1(F)COC1)(c1ccccc1)c1ccccc1. The summed E-state index contributed by atoms with van der Waals surface area (Å²) in [7, 11) is -5.49. The van der Waals surface area contributed by atoms with Gasteiger partial charge in [-0.3, -0.25) is 0 Å². The molecule has 264 valence electrons. The van der Waals surface area contributed by atoms with Crippen LogP contribution in [0.4, 0.5) is 8.78 Å². The van der Waals surface area contributed by atoms with E-state index in [0.29, 0.717) is 0 Å². The van der Waals surface area contributed by atoms with Crippen LogP contribution in [-0.2, 0) is 13.6 Å². The van der Waals surface area contributed by atoms with E-state index in [2.05, 4.69) is 65.8 Å². The fourth-order valence-electron chi connectivity index (χ4n) is 6.55. The van der Waals surface area contributed by atoms with E-state index >= 15 is 0 Å². The normalized spacial score (nSPS) is 15.1. The zero-order chi connectivity index (χ0) is 35.8. The molecule has 0 aromatic heterocycles. The molecule has 0 amide bonds. The van der Waals surface area contributed by atoms with Gasteiger partial charge >= 0.3 is 0 Å². The average Bonchev–Trinajstić information content (AvgIpc) is 3.09. The number of aliphatic hydroxyl groups excluding tert-OH is 2. The van der Waals surface area contributed by atoms with E-state index in [0.717, 1.165) is 10.4 Å².